The van der Waals surface area contributed by atoms with Crippen LogP contribution in [0.3, 0.4) is 0 Å². The first-order valence-electron chi connectivity index (χ1n) is 6.66. The summed E-state index contributed by atoms with van der Waals surface area (Å²) in [6.45, 7) is 4.21. The molecule has 1 aliphatic carbocycles. The molecular weight excluding hydrogens is 216 g/mol. The van der Waals surface area contributed by atoms with Gasteiger partial charge in [0, 0.05) is 13.2 Å². The molecule has 2 atom stereocenters. The van der Waals surface area contributed by atoms with E-state index in [0.717, 1.165) is 25.7 Å². The fraction of sp³-hybridized carbons (Fsp3) is 0.786. The van der Waals surface area contributed by atoms with Crippen molar-refractivity contribution >= 4 is 5.97 Å². The first kappa shape index (κ1) is 12.6. The minimum absolute atomic E-state index is 0.0185. The second-order valence-electron chi connectivity index (χ2n) is 5.20. The number of rotatable bonds is 3. The lowest BCUT2D eigenvalue weighted by atomic mass is 9.85. The standard InChI is InChI=1S/C14H22O3/c1-11-4-2-3-5-13(11)10-17-14(15)12-6-8-16-9-7-12/h2-3,11-13H,4-10H2,1H3. The molecular formula is C14H22O3. The highest BCUT2D eigenvalue weighted by Gasteiger charge is 2.25. The van der Waals surface area contributed by atoms with Crippen LogP contribution >= 0.6 is 0 Å². The zero-order valence-electron chi connectivity index (χ0n) is 10.6. The Hall–Kier alpha value is -0.830. The van der Waals surface area contributed by atoms with Crippen LogP contribution in [0.25, 0.3) is 0 Å². The number of hydrogen-bond acceptors (Lipinski definition) is 3. The van der Waals surface area contributed by atoms with E-state index in [1.165, 1.54) is 0 Å². The second kappa shape index (κ2) is 6.20. The predicted molar refractivity (Wildman–Crippen MR) is 65.5 cm³/mol. The number of carbonyl (C=O) groups is 1. The van der Waals surface area contributed by atoms with E-state index < -0.39 is 0 Å². The number of esters is 1. The molecule has 0 aromatic carbocycles. The van der Waals surface area contributed by atoms with Gasteiger partial charge in [0.1, 0.15) is 0 Å². The van der Waals surface area contributed by atoms with Gasteiger partial charge in [0.15, 0.2) is 0 Å². The molecule has 0 aromatic rings. The molecule has 0 spiro atoms. The minimum Gasteiger partial charge on any atom is -0.465 e. The van der Waals surface area contributed by atoms with Crippen LogP contribution in [0.4, 0.5) is 0 Å². The summed E-state index contributed by atoms with van der Waals surface area (Å²) in [6, 6.07) is 0. The van der Waals surface area contributed by atoms with E-state index in [-0.39, 0.29) is 11.9 Å². The summed E-state index contributed by atoms with van der Waals surface area (Å²) in [5.41, 5.74) is 0. The van der Waals surface area contributed by atoms with Crippen molar-refractivity contribution in [2.75, 3.05) is 19.8 Å². The number of carbonyl (C=O) groups excluding carboxylic acids is 1. The molecule has 1 heterocycles. The van der Waals surface area contributed by atoms with Gasteiger partial charge in [-0.2, -0.15) is 0 Å². The van der Waals surface area contributed by atoms with E-state index in [9.17, 15) is 4.79 Å². The van der Waals surface area contributed by atoms with Crippen LogP contribution in [0.15, 0.2) is 12.2 Å². The summed E-state index contributed by atoms with van der Waals surface area (Å²) in [6.07, 6.45) is 8.22. The fourth-order valence-corrected chi connectivity index (χ4v) is 2.48. The maximum absolute atomic E-state index is 11.9. The third-order valence-electron chi connectivity index (χ3n) is 3.91. The molecule has 0 bridgehead atoms. The molecule has 0 N–H and O–H groups in total. The molecule has 2 rings (SSSR count). The zero-order valence-corrected chi connectivity index (χ0v) is 10.6. The molecule has 0 radical (unpaired) electrons. The van der Waals surface area contributed by atoms with Gasteiger partial charge >= 0.3 is 5.97 Å². The number of allylic oxidation sites excluding steroid dienone is 2. The van der Waals surface area contributed by atoms with E-state index in [4.69, 9.17) is 9.47 Å². The average Bonchev–Trinajstić information content (AvgIpc) is 2.38. The summed E-state index contributed by atoms with van der Waals surface area (Å²) < 4.78 is 10.7. The molecule has 0 saturated carbocycles. The lowest BCUT2D eigenvalue weighted by Gasteiger charge is -2.26. The normalized spacial score (nSPS) is 30.2. The molecule has 3 heteroatoms. The summed E-state index contributed by atoms with van der Waals surface area (Å²) in [4.78, 5) is 11.9. The van der Waals surface area contributed by atoms with E-state index in [0.29, 0.717) is 31.7 Å². The van der Waals surface area contributed by atoms with Crippen molar-refractivity contribution < 1.29 is 14.3 Å². The maximum Gasteiger partial charge on any atom is 0.309 e. The van der Waals surface area contributed by atoms with Crippen LogP contribution in [0.5, 0.6) is 0 Å². The predicted octanol–water partition coefficient (Wildman–Crippen LogP) is 2.56. The minimum atomic E-state index is -0.0185. The van der Waals surface area contributed by atoms with Crippen LogP contribution in [-0.2, 0) is 14.3 Å². The SMILES string of the molecule is CC1CC=CCC1COC(=O)C1CCOCC1. The van der Waals surface area contributed by atoms with Crippen LogP contribution in [-0.4, -0.2) is 25.8 Å². The second-order valence-corrected chi connectivity index (χ2v) is 5.20. The highest BCUT2D eigenvalue weighted by molar-refractivity contribution is 5.72. The zero-order chi connectivity index (χ0) is 12.1. The number of hydrogen-bond donors (Lipinski definition) is 0. The first-order chi connectivity index (χ1) is 8.27. The first-order valence-corrected chi connectivity index (χ1v) is 6.66. The van der Waals surface area contributed by atoms with Gasteiger partial charge in [-0.3, -0.25) is 4.79 Å². The van der Waals surface area contributed by atoms with E-state index in [2.05, 4.69) is 19.1 Å². The van der Waals surface area contributed by atoms with Crippen molar-refractivity contribution in [1.82, 2.24) is 0 Å². The van der Waals surface area contributed by atoms with Gasteiger partial charge in [0.2, 0.25) is 0 Å². The molecule has 0 aromatic heterocycles. The van der Waals surface area contributed by atoms with Crippen LogP contribution in [0.2, 0.25) is 0 Å². The summed E-state index contributed by atoms with van der Waals surface area (Å²) in [5, 5.41) is 0. The highest BCUT2D eigenvalue weighted by atomic mass is 16.5. The van der Waals surface area contributed by atoms with Crippen molar-refractivity contribution in [1.29, 1.82) is 0 Å². The Morgan fingerprint density at radius 2 is 2.00 bits per heavy atom. The summed E-state index contributed by atoms with van der Waals surface area (Å²) in [7, 11) is 0. The Balaban J connectivity index is 1.73. The molecule has 1 fully saturated rings. The molecule has 17 heavy (non-hydrogen) atoms. The van der Waals surface area contributed by atoms with E-state index in [1.54, 1.807) is 0 Å². The molecule has 3 nitrogen and oxygen atoms in total. The Labute approximate surface area is 103 Å². The third kappa shape index (κ3) is 3.56. The van der Waals surface area contributed by atoms with Gasteiger partial charge < -0.3 is 9.47 Å². The van der Waals surface area contributed by atoms with Gasteiger partial charge in [-0.15, -0.1) is 0 Å². The summed E-state index contributed by atoms with van der Waals surface area (Å²) in [5.74, 6) is 1.18. The molecule has 0 amide bonds. The van der Waals surface area contributed by atoms with Gasteiger partial charge in [0.05, 0.1) is 12.5 Å². The Morgan fingerprint density at radius 3 is 2.71 bits per heavy atom. The van der Waals surface area contributed by atoms with Gasteiger partial charge in [0.25, 0.3) is 0 Å². The molecule has 1 saturated heterocycles. The van der Waals surface area contributed by atoms with Gasteiger partial charge in [-0.1, -0.05) is 19.1 Å². The van der Waals surface area contributed by atoms with Crippen molar-refractivity contribution in [3.8, 4) is 0 Å². The largest absolute Gasteiger partial charge is 0.465 e. The van der Waals surface area contributed by atoms with Gasteiger partial charge in [-0.05, 0) is 37.5 Å². The van der Waals surface area contributed by atoms with Crippen LogP contribution < -0.4 is 0 Å². The molecule has 2 aliphatic rings. The molecule has 1 aliphatic heterocycles. The smallest absolute Gasteiger partial charge is 0.309 e. The Kier molecular flexibility index (Phi) is 4.60. The van der Waals surface area contributed by atoms with Crippen molar-refractivity contribution in [3.63, 3.8) is 0 Å². The van der Waals surface area contributed by atoms with Crippen molar-refractivity contribution in [2.24, 2.45) is 17.8 Å². The average molecular weight is 238 g/mol. The molecule has 96 valence electrons. The lowest BCUT2D eigenvalue weighted by Crippen LogP contribution is -2.28. The number of ether oxygens (including phenoxy) is 2. The Morgan fingerprint density at radius 1 is 1.29 bits per heavy atom. The van der Waals surface area contributed by atoms with E-state index >= 15 is 0 Å². The topological polar surface area (TPSA) is 35.5 Å². The quantitative estimate of drug-likeness (QED) is 0.560. The maximum atomic E-state index is 11.9. The Bertz CT molecular complexity index is 279. The summed E-state index contributed by atoms with van der Waals surface area (Å²) >= 11 is 0. The van der Waals surface area contributed by atoms with Crippen molar-refractivity contribution in [2.45, 2.75) is 32.6 Å². The monoisotopic (exact) mass is 238 g/mol. The van der Waals surface area contributed by atoms with Crippen LogP contribution in [0.1, 0.15) is 32.6 Å². The van der Waals surface area contributed by atoms with E-state index in [1.807, 2.05) is 0 Å². The highest BCUT2D eigenvalue weighted by Crippen LogP contribution is 2.26. The lowest BCUT2D eigenvalue weighted by molar-refractivity contribution is -0.153. The molecule has 2 unspecified atom stereocenters. The third-order valence-corrected chi connectivity index (χ3v) is 3.91. The van der Waals surface area contributed by atoms with Gasteiger partial charge in [-0.25, -0.2) is 0 Å². The fourth-order valence-electron chi connectivity index (χ4n) is 2.48. The van der Waals surface area contributed by atoms with Crippen LogP contribution in [0, 0.1) is 17.8 Å². The van der Waals surface area contributed by atoms with Crippen molar-refractivity contribution in [3.05, 3.63) is 12.2 Å².